The number of carboxylic acid groups (broad SMARTS) is 1. The fourth-order valence-corrected chi connectivity index (χ4v) is 1.73. The van der Waals surface area contributed by atoms with Gasteiger partial charge in [0.2, 0.25) is 5.91 Å². The molecule has 0 saturated carbocycles. The number of aryl methyl sites for hydroxylation is 1. The Morgan fingerprint density at radius 2 is 2.17 bits per heavy atom. The average Bonchev–Trinajstić information content (AvgIpc) is 2.64. The van der Waals surface area contributed by atoms with E-state index >= 15 is 0 Å². The zero-order valence-electron chi connectivity index (χ0n) is 9.93. The summed E-state index contributed by atoms with van der Waals surface area (Å²) in [6.45, 7) is 2.98. The highest BCUT2D eigenvalue weighted by Gasteiger charge is 2.21. The van der Waals surface area contributed by atoms with Crippen LogP contribution in [-0.2, 0) is 9.59 Å². The first kappa shape index (κ1) is 12.1. The number of benzene rings is 1. The third-order valence-corrected chi connectivity index (χ3v) is 2.45. The highest BCUT2D eigenvalue weighted by atomic mass is 16.4. The molecule has 1 amide bonds. The van der Waals surface area contributed by atoms with Gasteiger partial charge < -0.3 is 14.8 Å². The van der Waals surface area contributed by atoms with Crippen LogP contribution in [0, 0.1) is 6.92 Å². The number of nitrogens with zero attached hydrogens (tertiary/aromatic N) is 1. The van der Waals surface area contributed by atoms with Crippen molar-refractivity contribution in [1.82, 2.24) is 10.3 Å². The van der Waals surface area contributed by atoms with Gasteiger partial charge in [0.1, 0.15) is 5.52 Å². The Kier molecular flexibility index (Phi) is 3.01. The highest BCUT2D eigenvalue weighted by molar-refractivity contribution is 5.84. The maximum absolute atomic E-state index is 11.1. The van der Waals surface area contributed by atoms with Crippen LogP contribution >= 0.6 is 0 Å². The van der Waals surface area contributed by atoms with Gasteiger partial charge in [-0.05, 0) is 17.7 Å². The third-order valence-electron chi connectivity index (χ3n) is 2.45. The molecular formula is C12H12N2O4. The minimum Gasteiger partial charge on any atom is -0.479 e. The molecule has 0 saturated heterocycles. The SMILES string of the molecule is CC(=O)NC(C(=O)O)c1ccc2nc(C)oc2c1. The van der Waals surface area contributed by atoms with E-state index in [1.165, 1.54) is 6.92 Å². The number of nitrogens with one attached hydrogen (secondary N) is 1. The van der Waals surface area contributed by atoms with E-state index in [-0.39, 0.29) is 0 Å². The minimum atomic E-state index is -1.12. The highest BCUT2D eigenvalue weighted by Crippen LogP contribution is 2.21. The van der Waals surface area contributed by atoms with E-state index in [1.54, 1.807) is 25.1 Å². The Labute approximate surface area is 103 Å². The van der Waals surface area contributed by atoms with E-state index in [2.05, 4.69) is 10.3 Å². The monoisotopic (exact) mass is 248 g/mol. The minimum absolute atomic E-state index is 0.406. The normalized spacial score (nSPS) is 12.3. The van der Waals surface area contributed by atoms with Crippen molar-refractivity contribution >= 4 is 23.0 Å². The van der Waals surface area contributed by atoms with E-state index in [0.29, 0.717) is 22.6 Å². The van der Waals surface area contributed by atoms with Gasteiger partial charge in [-0.2, -0.15) is 0 Å². The van der Waals surface area contributed by atoms with Crippen LogP contribution < -0.4 is 5.32 Å². The molecule has 6 heteroatoms. The van der Waals surface area contributed by atoms with Gasteiger partial charge in [-0.1, -0.05) is 6.07 Å². The van der Waals surface area contributed by atoms with E-state index in [9.17, 15) is 9.59 Å². The number of carboxylic acids is 1. The lowest BCUT2D eigenvalue weighted by Crippen LogP contribution is -2.31. The predicted octanol–water partition coefficient (Wildman–Crippen LogP) is 1.40. The maximum Gasteiger partial charge on any atom is 0.330 e. The van der Waals surface area contributed by atoms with Crippen molar-refractivity contribution in [2.75, 3.05) is 0 Å². The average molecular weight is 248 g/mol. The second-order valence-corrected chi connectivity index (χ2v) is 3.93. The van der Waals surface area contributed by atoms with E-state index in [0.717, 1.165) is 0 Å². The fourth-order valence-electron chi connectivity index (χ4n) is 1.73. The van der Waals surface area contributed by atoms with Crippen LogP contribution in [0.2, 0.25) is 0 Å². The molecule has 0 aliphatic carbocycles. The van der Waals surface area contributed by atoms with Gasteiger partial charge in [0.15, 0.2) is 17.5 Å². The summed E-state index contributed by atoms with van der Waals surface area (Å²) in [6.07, 6.45) is 0. The van der Waals surface area contributed by atoms with Gasteiger partial charge in [-0.25, -0.2) is 9.78 Å². The molecule has 0 aliphatic heterocycles. The number of oxazole rings is 1. The molecule has 2 aromatic rings. The van der Waals surface area contributed by atoms with Gasteiger partial charge in [0.25, 0.3) is 0 Å². The molecule has 1 unspecified atom stereocenters. The quantitative estimate of drug-likeness (QED) is 0.856. The maximum atomic E-state index is 11.1. The number of amides is 1. The summed E-state index contributed by atoms with van der Waals surface area (Å²) in [5.41, 5.74) is 1.60. The second kappa shape index (κ2) is 4.48. The van der Waals surface area contributed by atoms with Gasteiger partial charge in [-0.15, -0.1) is 0 Å². The molecular weight excluding hydrogens is 236 g/mol. The van der Waals surface area contributed by atoms with Crippen molar-refractivity contribution in [1.29, 1.82) is 0 Å². The van der Waals surface area contributed by atoms with Crippen molar-refractivity contribution in [3.63, 3.8) is 0 Å². The molecule has 18 heavy (non-hydrogen) atoms. The van der Waals surface area contributed by atoms with Gasteiger partial charge in [0.05, 0.1) is 0 Å². The summed E-state index contributed by atoms with van der Waals surface area (Å²) in [4.78, 5) is 26.2. The summed E-state index contributed by atoms with van der Waals surface area (Å²) in [6, 6.07) is 3.76. The smallest absolute Gasteiger partial charge is 0.330 e. The Bertz CT molecular complexity index is 618. The summed E-state index contributed by atoms with van der Waals surface area (Å²) in [5, 5.41) is 11.5. The van der Waals surface area contributed by atoms with Gasteiger partial charge in [0, 0.05) is 13.8 Å². The number of hydrogen-bond donors (Lipinski definition) is 2. The summed E-state index contributed by atoms with van der Waals surface area (Å²) < 4.78 is 5.33. The lowest BCUT2D eigenvalue weighted by molar-refractivity contribution is -0.141. The Hall–Kier alpha value is -2.37. The summed E-state index contributed by atoms with van der Waals surface area (Å²) in [5.74, 6) is -1.02. The van der Waals surface area contributed by atoms with Crippen LogP contribution in [0.3, 0.4) is 0 Å². The number of fused-ring (bicyclic) bond motifs is 1. The number of rotatable bonds is 3. The number of carbonyl (C=O) groups is 2. The van der Waals surface area contributed by atoms with Crippen molar-refractivity contribution in [3.8, 4) is 0 Å². The molecule has 0 radical (unpaired) electrons. The topological polar surface area (TPSA) is 92.4 Å². The zero-order chi connectivity index (χ0) is 13.3. The first-order chi connectivity index (χ1) is 8.47. The lowest BCUT2D eigenvalue weighted by Gasteiger charge is -2.13. The van der Waals surface area contributed by atoms with Crippen molar-refractivity contribution in [3.05, 3.63) is 29.7 Å². The largest absolute Gasteiger partial charge is 0.479 e. The zero-order valence-corrected chi connectivity index (χ0v) is 9.93. The molecule has 6 nitrogen and oxygen atoms in total. The lowest BCUT2D eigenvalue weighted by atomic mass is 10.1. The van der Waals surface area contributed by atoms with Crippen molar-refractivity contribution < 1.29 is 19.1 Å². The molecule has 0 fully saturated rings. The van der Waals surface area contributed by atoms with Crippen molar-refractivity contribution in [2.45, 2.75) is 19.9 Å². The Morgan fingerprint density at radius 1 is 1.44 bits per heavy atom. The van der Waals surface area contributed by atoms with Crippen LogP contribution in [0.5, 0.6) is 0 Å². The Morgan fingerprint density at radius 3 is 2.78 bits per heavy atom. The van der Waals surface area contributed by atoms with E-state index < -0.39 is 17.9 Å². The standard InChI is InChI=1S/C12H12N2O4/c1-6(15)13-11(12(16)17)8-3-4-9-10(5-8)18-7(2)14-9/h3-5,11H,1-2H3,(H,13,15)(H,16,17). The second-order valence-electron chi connectivity index (χ2n) is 3.93. The van der Waals surface area contributed by atoms with Gasteiger partial charge in [-0.3, -0.25) is 4.79 Å². The molecule has 1 atom stereocenters. The molecule has 1 heterocycles. The summed E-state index contributed by atoms with van der Waals surface area (Å²) >= 11 is 0. The fraction of sp³-hybridized carbons (Fsp3) is 0.250. The molecule has 94 valence electrons. The molecule has 0 aliphatic rings. The molecule has 1 aromatic heterocycles. The third kappa shape index (κ3) is 2.32. The van der Waals surface area contributed by atoms with Crippen LogP contribution in [-0.4, -0.2) is 22.0 Å². The van der Waals surface area contributed by atoms with Crippen LogP contribution in [0.15, 0.2) is 22.6 Å². The van der Waals surface area contributed by atoms with Crippen LogP contribution in [0.4, 0.5) is 0 Å². The summed E-state index contributed by atoms with van der Waals surface area (Å²) in [7, 11) is 0. The number of carbonyl (C=O) groups excluding carboxylic acids is 1. The molecule has 2 N–H and O–H groups in total. The first-order valence-corrected chi connectivity index (χ1v) is 5.34. The van der Waals surface area contributed by atoms with E-state index in [1.807, 2.05) is 0 Å². The van der Waals surface area contributed by atoms with Crippen LogP contribution in [0.25, 0.3) is 11.1 Å². The molecule has 0 bridgehead atoms. The number of aliphatic carboxylic acids is 1. The van der Waals surface area contributed by atoms with Crippen LogP contribution in [0.1, 0.15) is 24.4 Å². The predicted molar refractivity (Wildman–Crippen MR) is 62.9 cm³/mol. The molecule has 2 rings (SSSR count). The van der Waals surface area contributed by atoms with Gasteiger partial charge >= 0.3 is 5.97 Å². The number of aromatic nitrogens is 1. The first-order valence-electron chi connectivity index (χ1n) is 5.34. The molecule has 0 spiro atoms. The number of hydrogen-bond acceptors (Lipinski definition) is 4. The Balaban J connectivity index is 2.43. The van der Waals surface area contributed by atoms with E-state index in [4.69, 9.17) is 9.52 Å². The molecule has 1 aromatic carbocycles. The van der Waals surface area contributed by atoms with Crippen molar-refractivity contribution in [2.24, 2.45) is 0 Å².